The van der Waals surface area contributed by atoms with E-state index in [9.17, 15) is 4.79 Å². The van der Waals surface area contributed by atoms with Crippen LogP contribution in [0.4, 0.5) is 0 Å². The Morgan fingerprint density at radius 1 is 0.800 bits per heavy atom. The minimum Gasteiger partial charge on any atom is -0.288 e. The van der Waals surface area contributed by atoms with E-state index in [4.69, 9.17) is 0 Å². The summed E-state index contributed by atoms with van der Waals surface area (Å²) in [5.74, 6) is 0.620. The zero-order valence-electron chi connectivity index (χ0n) is 13.4. The van der Waals surface area contributed by atoms with Gasteiger partial charge in [-0.15, -0.1) is 0 Å². The quantitative estimate of drug-likeness (QED) is 0.529. The smallest absolute Gasteiger partial charge is 0.196 e. The molecule has 0 radical (unpaired) electrons. The lowest BCUT2D eigenvalue weighted by atomic mass is 10.0. The Morgan fingerprint density at radius 3 is 2.16 bits per heavy atom. The molecular formula is C21H15N3O. The third-order valence-electron chi connectivity index (χ3n) is 3.96. The standard InChI is InChI=1S/C21H15N3O/c25-21(17-11-5-2-6-12-17)18-15-23-24(19-13-7-8-14-22-19)20(18)16-9-3-1-4-10-16/h1-15H. The summed E-state index contributed by atoms with van der Waals surface area (Å²) in [5, 5.41) is 4.44. The normalized spacial score (nSPS) is 10.6. The van der Waals surface area contributed by atoms with Crippen LogP contribution in [0.3, 0.4) is 0 Å². The molecule has 4 heteroatoms. The number of nitrogens with zero attached hydrogens (tertiary/aromatic N) is 3. The van der Waals surface area contributed by atoms with Crippen molar-refractivity contribution in [3.8, 4) is 17.1 Å². The summed E-state index contributed by atoms with van der Waals surface area (Å²) in [4.78, 5) is 17.4. The largest absolute Gasteiger partial charge is 0.288 e. The average molecular weight is 325 g/mol. The van der Waals surface area contributed by atoms with Gasteiger partial charge < -0.3 is 0 Å². The number of carbonyl (C=O) groups is 1. The van der Waals surface area contributed by atoms with Gasteiger partial charge in [-0.2, -0.15) is 5.10 Å². The van der Waals surface area contributed by atoms with Crippen molar-refractivity contribution in [2.24, 2.45) is 0 Å². The van der Waals surface area contributed by atoms with Crippen molar-refractivity contribution in [3.05, 3.63) is 102 Å². The Bertz CT molecular complexity index is 993. The zero-order valence-corrected chi connectivity index (χ0v) is 13.4. The topological polar surface area (TPSA) is 47.8 Å². The molecule has 0 fully saturated rings. The highest BCUT2D eigenvalue weighted by atomic mass is 16.1. The van der Waals surface area contributed by atoms with Gasteiger partial charge in [-0.1, -0.05) is 66.7 Å². The van der Waals surface area contributed by atoms with Gasteiger partial charge in [0.1, 0.15) is 0 Å². The van der Waals surface area contributed by atoms with Gasteiger partial charge in [-0.3, -0.25) is 4.79 Å². The molecule has 0 aliphatic carbocycles. The van der Waals surface area contributed by atoms with Gasteiger partial charge in [0, 0.05) is 17.3 Å². The molecule has 120 valence electrons. The van der Waals surface area contributed by atoms with Crippen LogP contribution < -0.4 is 0 Å². The molecule has 25 heavy (non-hydrogen) atoms. The van der Waals surface area contributed by atoms with Crippen LogP contribution in [0.15, 0.2) is 91.3 Å². The number of ketones is 1. The first-order valence-electron chi connectivity index (χ1n) is 7.99. The van der Waals surface area contributed by atoms with Crippen molar-refractivity contribution in [1.82, 2.24) is 14.8 Å². The number of hydrogen-bond acceptors (Lipinski definition) is 3. The third kappa shape index (κ3) is 2.85. The van der Waals surface area contributed by atoms with E-state index in [0.29, 0.717) is 16.9 Å². The molecule has 0 bridgehead atoms. The number of pyridine rings is 1. The fourth-order valence-electron chi connectivity index (χ4n) is 2.79. The van der Waals surface area contributed by atoms with Crippen molar-refractivity contribution in [1.29, 1.82) is 0 Å². The molecule has 4 nitrogen and oxygen atoms in total. The molecule has 0 unspecified atom stereocenters. The maximum Gasteiger partial charge on any atom is 0.196 e. The van der Waals surface area contributed by atoms with Gasteiger partial charge in [0.25, 0.3) is 0 Å². The molecule has 4 aromatic rings. The monoisotopic (exact) mass is 325 g/mol. The van der Waals surface area contributed by atoms with Crippen LogP contribution in [0, 0.1) is 0 Å². The van der Waals surface area contributed by atoms with Crippen LogP contribution in [0.25, 0.3) is 17.1 Å². The number of hydrogen-bond donors (Lipinski definition) is 0. The fraction of sp³-hybridized carbons (Fsp3) is 0. The molecular weight excluding hydrogens is 310 g/mol. The molecule has 0 amide bonds. The molecule has 0 saturated carbocycles. The lowest BCUT2D eigenvalue weighted by molar-refractivity contribution is 0.103. The predicted molar refractivity (Wildman–Crippen MR) is 96.7 cm³/mol. The van der Waals surface area contributed by atoms with E-state index < -0.39 is 0 Å². The number of benzene rings is 2. The van der Waals surface area contributed by atoms with E-state index in [1.807, 2.05) is 78.9 Å². The summed E-state index contributed by atoms with van der Waals surface area (Å²) >= 11 is 0. The number of rotatable bonds is 4. The van der Waals surface area contributed by atoms with E-state index >= 15 is 0 Å². The van der Waals surface area contributed by atoms with Gasteiger partial charge in [0.05, 0.1) is 17.5 Å². The highest BCUT2D eigenvalue weighted by Crippen LogP contribution is 2.27. The first kappa shape index (κ1) is 15.0. The molecule has 0 spiro atoms. The molecule has 0 aliphatic heterocycles. The lowest BCUT2D eigenvalue weighted by Gasteiger charge is -2.09. The highest BCUT2D eigenvalue weighted by Gasteiger charge is 2.21. The maximum atomic E-state index is 13.0. The van der Waals surface area contributed by atoms with Crippen LogP contribution in [0.1, 0.15) is 15.9 Å². The van der Waals surface area contributed by atoms with Gasteiger partial charge >= 0.3 is 0 Å². The summed E-state index contributed by atoms with van der Waals surface area (Å²) in [6.07, 6.45) is 3.33. The van der Waals surface area contributed by atoms with Crippen molar-refractivity contribution in [2.75, 3.05) is 0 Å². The van der Waals surface area contributed by atoms with E-state index in [2.05, 4.69) is 10.1 Å². The van der Waals surface area contributed by atoms with Crippen molar-refractivity contribution in [3.63, 3.8) is 0 Å². The second kappa shape index (κ2) is 6.53. The minimum atomic E-state index is -0.0540. The Labute approximate surface area is 145 Å². The molecule has 0 atom stereocenters. The van der Waals surface area contributed by atoms with Crippen LogP contribution in [0.5, 0.6) is 0 Å². The van der Waals surface area contributed by atoms with E-state index in [1.165, 1.54) is 0 Å². The fourth-order valence-corrected chi connectivity index (χ4v) is 2.79. The first-order chi connectivity index (χ1) is 12.3. The summed E-state index contributed by atoms with van der Waals surface area (Å²) in [7, 11) is 0. The molecule has 4 rings (SSSR count). The first-order valence-corrected chi connectivity index (χ1v) is 7.99. The Hall–Kier alpha value is -3.53. The second-order valence-electron chi connectivity index (χ2n) is 5.57. The van der Waals surface area contributed by atoms with Crippen molar-refractivity contribution < 1.29 is 4.79 Å². The third-order valence-corrected chi connectivity index (χ3v) is 3.96. The number of carbonyl (C=O) groups excluding carboxylic acids is 1. The molecule has 2 heterocycles. The zero-order chi connectivity index (χ0) is 17.1. The van der Waals surface area contributed by atoms with Crippen molar-refractivity contribution >= 4 is 5.78 Å². The predicted octanol–water partition coefficient (Wildman–Crippen LogP) is 4.17. The SMILES string of the molecule is O=C(c1ccccc1)c1cnn(-c2ccccn2)c1-c1ccccc1. The van der Waals surface area contributed by atoms with Crippen LogP contribution in [-0.2, 0) is 0 Å². The van der Waals surface area contributed by atoms with Crippen molar-refractivity contribution in [2.45, 2.75) is 0 Å². The molecule has 0 saturated heterocycles. The van der Waals surface area contributed by atoms with E-state index in [0.717, 1.165) is 11.3 Å². The summed E-state index contributed by atoms with van der Waals surface area (Å²) in [5.41, 5.74) is 2.86. The van der Waals surface area contributed by atoms with E-state index in [-0.39, 0.29) is 5.78 Å². The number of aromatic nitrogens is 3. The van der Waals surface area contributed by atoms with Crippen LogP contribution in [0.2, 0.25) is 0 Å². The molecule has 2 aromatic carbocycles. The second-order valence-corrected chi connectivity index (χ2v) is 5.57. The van der Waals surface area contributed by atoms with Gasteiger partial charge in [0.2, 0.25) is 0 Å². The summed E-state index contributed by atoms with van der Waals surface area (Å²) < 4.78 is 1.71. The van der Waals surface area contributed by atoms with Crippen LogP contribution >= 0.6 is 0 Å². The summed E-state index contributed by atoms with van der Waals surface area (Å²) in [6, 6.07) is 24.6. The minimum absolute atomic E-state index is 0.0540. The van der Waals surface area contributed by atoms with E-state index in [1.54, 1.807) is 17.1 Å². The van der Waals surface area contributed by atoms with Gasteiger partial charge in [0.15, 0.2) is 11.6 Å². The lowest BCUT2D eigenvalue weighted by Crippen LogP contribution is -2.05. The Morgan fingerprint density at radius 2 is 1.48 bits per heavy atom. The summed E-state index contributed by atoms with van der Waals surface area (Å²) in [6.45, 7) is 0. The average Bonchev–Trinajstić information content (AvgIpc) is 3.14. The Balaban J connectivity index is 1.91. The van der Waals surface area contributed by atoms with Gasteiger partial charge in [-0.25, -0.2) is 9.67 Å². The Kier molecular flexibility index (Phi) is 3.92. The van der Waals surface area contributed by atoms with Crippen LogP contribution in [-0.4, -0.2) is 20.5 Å². The molecule has 0 N–H and O–H groups in total. The molecule has 0 aliphatic rings. The molecule has 2 aromatic heterocycles. The maximum absolute atomic E-state index is 13.0. The van der Waals surface area contributed by atoms with Gasteiger partial charge in [-0.05, 0) is 12.1 Å². The highest BCUT2D eigenvalue weighted by molar-refractivity contribution is 6.12.